The van der Waals surface area contributed by atoms with Gasteiger partial charge in [-0.05, 0) is 48.4 Å². The summed E-state index contributed by atoms with van der Waals surface area (Å²) in [6.45, 7) is 2.64. The maximum atomic E-state index is 12.5. The van der Waals surface area contributed by atoms with Crippen LogP contribution >= 0.6 is 0 Å². The first-order chi connectivity index (χ1) is 16.2. The smallest absolute Gasteiger partial charge is 0.331 e. The molecule has 3 aromatic rings. The minimum atomic E-state index is -3.58. The molecule has 0 spiro atoms. The first-order valence-corrected chi connectivity index (χ1v) is 12.1. The molecule has 10 heteroatoms. The highest BCUT2D eigenvalue weighted by atomic mass is 32.2. The number of esters is 1. The fraction of sp³-hybridized carbons (Fsp3) is 0.333. The maximum absolute atomic E-state index is 12.5. The molecule has 2 aromatic carbocycles. The number of carbonyl (C=O) groups excluding carboxylic acids is 1. The van der Waals surface area contributed by atoms with Crippen LogP contribution in [0, 0.1) is 0 Å². The fourth-order valence-corrected chi connectivity index (χ4v) is 4.34. The molecular weight excluding hydrogens is 458 g/mol. The number of aromatic nitrogens is 2. The molecule has 0 aliphatic carbocycles. The molecule has 0 atom stereocenters. The lowest BCUT2D eigenvalue weighted by Gasteiger charge is -2.11. The van der Waals surface area contributed by atoms with Crippen LogP contribution in [-0.4, -0.2) is 56.6 Å². The predicted octanol–water partition coefficient (Wildman–Crippen LogP) is 3.47. The third-order valence-electron chi connectivity index (χ3n) is 5.19. The number of imidazole rings is 1. The van der Waals surface area contributed by atoms with Gasteiger partial charge in [0.05, 0.1) is 30.1 Å². The first-order valence-electron chi connectivity index (χ1n) is 10.7. The Morgan fingerprint density at radius 1 is 1.09 bits per heavy atom. The van der Waals surface area contributed by atoms with E-state index in [1.54, 1.807) is 56.7 Å². The van der Waals surface area contributed by atoms with Gasteiger partial charge in [-0.3, -0.25) is 0 Å². The topological polar surface area (TPSA) is 100.0 Å². The highest BCUT2D eigenvalue weighted by Crippen LogP contribution is 2.28. The van der Waals surface area contributed by atoms with Gasteiger partial charge in [0.25, 0.3) is 0 Å². The Hall–Kier alpha value is -3.37. The Morgan fingerprint density at radius 3 is 2.47 bits per heavy atom. The molecule has 34 heavy (non-hydrogen) atoms. The number of hydrogen-bond acceptors (Lipinski definition) is 7. The molecule has 0 radical (unpaired) electrons. The monoisotopic (exact) mass is 487 g/mol. The Balaban J connectivity index is 1.79. The molecule has 0 aliphatic heterocycles. The summed E-state index contributed by atoms with van der Waals surface area (Å²) in [6, 6.07) is 10.1. The minimum absolute atomic E-state index is 0.0421. The normalized spacial score (nSPS) is 11.9. The van der Waals surface area contributed by atoms with E-state index in [-0.39, 0.29) is 11.5 Å². The molecular formula is C24H29N3O6S. The standard InChI is InChI=1S/C24H29N3O6S/c1-6-13-27-20-10-9-18(34(29,30)26(2)3)15-19(20)25-23(27)16-33-24(28)12-8-17-7-11-21(31-4)22(14-17)32-5/h7-12,14-15H,6,13,16H2,1-5H3/b12-8+. The average Bonchev–Trinajstić information content (AvgIpc) is 3.17. The van der Waals surface area contributed by atoms with Crippen LogP contribution in [0.3, 0.4) is 0 Å². The van der Waals surface area contributed by atoms with Crippen LogP contribution in [0.1, 0.15) is 24.7 Å². The van der Waals surface area contributed by atoms with Gasteiger partial charge in [-0.1, -0.05) is 13.0 Å². The molecule has 0 N–H and O–H groups in total. The first kappa shape index (κ1) is 25.3. The average molecular weight is 488 g/mol. The summed E-state index contributed by atoms with van der Waals surface area (Å²) in [5.41, 5.74) is 2.07. The van der Waals surface area contributed by atoms with Gasteiger partial charge in [0.15, 0.2) is 11.5 Å². The van der Waals surface area contributed by atoms with Crippen molar-refractivity contribution in [2.24, 2.45) is 0 Å². The van der Waals surface area contributed by atoms with E-state index < -0.39 is 16.0 Å². The van der Waals surface area contributed by atoms with Gasteiger partial charge in [-0.2, -0.15) is 0 Å². The van der Waals surface area contributed by atoms with E-state index in [0.717, 1.165) is 21.8 Å². The highest BCUT2D eigenvalue weighted by Gasteiger charge is 2.20. The quantitative estimate of drug-likeness (QED) is 0.319. The van der Waals surface area contributed by atoms with Gasteiger partial charge in [0.1, 0.15) is 12.4 Å². The molecule has 0 saturated heterocycles. The number of nitrogens with zero attached hydrogens (tertiary/aromatic N) is 3. The summed E-state index contributed by atoms with van der Waals surface area (Å²) >= 11 is 0. The second-order valence-corrected chi connectivity index (χ2v) is 9.82. The van der Waals surface area contributed by atoms with Gasteiger partial charge in [-0.25, -0.2) is 22.5 Å². The van der Waals surface area contributed by atoms with E-state index in [0.29, 0.717) is 29.4 Å². The van der Waals surface area contributed by atoms with E-state index in [1.165, 1.54) is 20.2 Å². The molecule has 3 rings (SSSR count). The summed E-state index contributed by atoms with van der Waals surface area (Å²) in [6.07, 6.45) is 3.79. The van der Waals surface area contributed by atoms with E-state index in [9.17, 15) is 13.2 Å². The van der Waals surface area contributed by atoms with Crippen LogP contribution in [0.25, 0.3) is 17.1 Å². The third-order valence-corrected chi connectivity index (χ3v) is 7.00. The second kappa shape index (κ2) is 10.7. The van der Waals surface area contributed by atoms with E-state index >= 15 is 0 Å². The van der Waals surface area contributed by atoms with Gasteiger partial charge in [0, 0.05) is 26.7 Å². The van der Waals surface area contributed by atoms with Crippen molar-refractivity contribution in [3.63, 3.8) is 0 Å². The summed E-state index contributed by atoms with van der Waals surface area (Å²) in [7, 11) is 2.48. The Bertz CT molecular complexity index is 1310. The van der Waals surface area contributed by atoms with Crippen LogP contribution in [0.5, 0.6) is 11.5 Å². The number of aryl methyl sites for hydroxylation is 1. The van der Waals surface area contributed by atoms with Crippen LogP contribution in [-0.2, 0) is 32.7 Å². The number of ether oxygens (including phenoxy) is 3. The largest absolute Gasteiger partial charge is 0.493 e. The number of fused-ring (bicyclic) bond motifs is 1. The van der Waals surface area contributed by atoms with Crippen LogP contribution in [0.4, 0.5) is 0 Å². The lowest BCUT2D eigenvalue weighted by molar-refractivity contribution is -0.139. The molecule has 0 amide bonds. The molecule has 1 aromatic heterocycles. The molecule has 182 valence electrons. The number of methoxy groups -OCH3 is 2. The van der Waals surface area contributed by atoms with E-state index in [4.69, 9.17) is 14.2 Å². The van der Waals surface area contributed by atoms with Crippen LogP contribution in [0.15, 0.2) is 47.4 Å². The predicted molar refractivity (Wildman–Crippen MR) is 129 cm³/mol. The SMILES string of the molecule is CCCn1c(COC(=O)/C=C/c2ccc(OC)c(OC)c2)nc2cc(S(=O)(=O)N(C)C)ccc21. The fourth-order valence-electron chi connectivity index (χ4n) is 3.42. The van der Waals surface area contributed by atoms with Crippen molar-refractivity contribution >= 4 is 33.1 Å². The molecule has 1 heterocycles. The zero-order valence-electron chi connectivity index (χ0n) is 19.9. The second-order valence-electron chi connectivity index (χ2n) is 7.67. The minimum Gasteiger partial charge on any atom is -0.493 e. The number of carbonyl (C=O) groups is 1. The Morgan fingerprint density at radius 2 is 1.82 bits per heavy atom. The van der Waals surface area contributed by atoms with E-state index in [1.807, 2.05) is 11.5 Å². The molecule has 9 nitrogen and oxygen atoms in total. The number of sulfonamides is 1. The highest BCUT2D eigenvalue weighted by molar-refractivity contribution is 7.89. The van der Waals surface area contributed by atoms with Crippen LogP contribution in [0.2, 0.25) is 0 Å². The zero-order chi connectivity index (χ0) is 24.9. The van der Waals surface area contributed by atoms with Gasteiger partial charge < -0.3 is 18.8 Å². The summed E-state index contributed by atoms with van der Waals surface area (Å²) in [5.74, 6) is 1.17. The van der Waals surface area contributed by atoms with Crippen molar-refractivity contribution in [3.8, 4) is 11.5 Å². The lowest BCUT2D eigenvalue weighted by atomic mass is 10.2. The molecule has 0 saturated carbocycles. The molecule has 0 unspecified atom stereocenters. The van der Waals surface area contributed by atoms with Gasteiger partial charge in [-0.15, -0.1) is 0 Å². The number of rotatable bonds is 10. The summed E-state index contributed by atoms with van der Waals surface area (Å²) < 4.78 is 43.9. The van der Waals surface area contributed by atoms with Gasteiger partial charge in [0.2, 0.25) is 10.0 Å². The Kier molecular flexibility index (Phi) is 7.95. The van der Waals surface area contributed by atoms with E-state index in [2.05, 4.69) is 4.98 Å². The maximum Gasteiger partial charge on any atom is 0.331 e. The van der Waals surface area contributed by atoms with Crippen molar-refractivity contribution in [1.82, 2.24) is 13.9 Å². The Labute approximate surface area is 199 Å². The van der Waals surface area contributed by atoms with Crippen molar-refractivity contribution in [1.29, 1.82) is 0 Å². The van der Waals surface area contributed by atoms with Crippen molar-refractivity contribution in [3.05, 3.63) is 53.9 Å². The lowest BCUT2D eigenvalue weighted by Crippen LogP contribution is -2.22. The van der Waals surface area contributed by atoms with Crippen molar-refractivity contribution in [2.45, 2.75) is 31.4 Å². The van der Waals surface area contributed by atoms with Gasteiger partial charge >= 0.3 is 5.97 Å². The van der Waals surface area contributed by atoms with Crippen molar-refractivity contribution in [2.75, 3.05) is 28.3 Å². The van der Waals surface area contributed by atoms with Crippen molar-refractivity contribution < 1.29 is 27.4 Å². The molecule has 0 aliphatic rings. The summed E-state index contributed by atoms with van der Waals surface area (Å²) in [4.78, 5) is 17.0. The zero-order valence-corrected chi connectivity index (χ0v) is 20.8. The summed E-state index contributed by atoms with van der Waals surface area (Å²) in [5, 5.41) is 0. The third kappa shape index (κ3) is 5.40. The molecule has 0 fully saturated rings. The number of hydrogen-bond donors (Lipinski definition) is 0. The van der Waals surface area contributed by atoms with Crippen LogP contribution < -0.4 is 9.47 Å². The number of benzene rings is 2. The molecule has 0 bridgehead atoms.